The first kappa shape index (κ1) is 26.7. The number of rotatable bonds is 7. The molecule has 2 rings (SSSR count). The Morgan fingerprint density at radius 3 is 2.06 bits per heavy atom. The lowest BCUT2D eigenvalue weighted by Gasteiger charge is -2.51. The summed E-state index contributed by atoms with van der Waals surface area (Å²) in [5.41, 5.74) is 3.14. The van der Waals surface area contributed by atoms with Gasteiger partial charge < -0.3 is 13.9 Å². The Hall–Kier alpha value is -1.52. The highest BCUT2D eigenvalue weighted by molar-refractivity contribution is 6.74. The molecule has 0 saturated heterocycles. The Labute approximate surface area is 198 Å². The van der Waals surface area contributed by atoms with Gasteiger partial charge in [0.15, 0.2) is 19.8 Å². The Morgan fingerprint density at radius 1 is 1.06 bits per heavy atom. The van der Waals surface area contributed by atoms with E-state index in [1.54, 1.807) is 14.2 Å². The van der Waals surface area contributed by atoms with Crippen molar-refractivity contribution < 1.29 is 13.9 Å². The molecule has 0 radical (unpaired) electrons. The van der Waals surface area contributed by atoms with Crippen molar-refractivity contribution in [2.24, 2.45) is 10.8 Å². The van der Waals surface area contributed by atoms with Crippen molar-refractivity contribution in [2.75, 3.05) is 14.2 Å². The average molecular weight is 459 g/mol. The lowest BCUT2D eigenvalue weighted by atomic mass is 9.56. The predicted molar refractivity (Wildman–Crippen MR) is 140 cm³/mol. The molecular formula is C28H46O3Si. The summed E-state index contributed by atoms with van der Waals surface area (Å²) in [7, 11) is 1.52. The van der Waals surface area contributed by atoms with Crippen LogP contribution in [-0.4, -0.2) is 28.6 Å². The maximum absolute atomic E-state index is 6.92. The second-order valence-corrected chi connectivity index (χ2v) is 16.7. The van der Waals surface area contributed by atoms with Crippen LogP contribution >= 0.6 is 0 Å². The molecule has 0 aliphatic heterocycles. The number of benzene rings is 1. The van der Waals surface area contributed by atoms with Crippen LogP contribution < -0.4 is 9.47 Å². The van der Waals surface area contributed by atoms with Gasteiger partial charge in [-0.3, -0.25) is 0 Å². The SMILES string of the molecule is C=C[C@@]1(C)C(c2ccc(C(C)C)c(OC)c2OC)=CC(O[Si](C)(C)C(C)(C)C)CC1(C)C. The summed E-state index contributed by atoms with van der Waals surface area (Å²) >= 11 is 0. The highest BCUT2D eigenvalue weighted by atomic mass is 28.4. The Morgan fingerprint density at radius 2 is 1.62 bits per heavy atom. The fourth-order valence-electron chi connectivity index (χ4n) is 4.54. The predicted octanol–water partition coefficient (Wildman–Crippen LogP) is 8.22. The van der Waals surface area contributed by atoms with E-state index in [4.69, 9.17) is 13.9 Å². The van der Waals surface area contributed by atoms with Crippen LogP contribution in [0.2, 0.25) is 18.1 Å². The Balaban J connectivity index is 2.77. The van der Waals surface area contributed by atoms with Crippen molar-refractivity contribution in [3.63, 3.8) is 0 Å². The van der Waals surface area contributed by atoms with Gasteiger partial charge in [-0.15, -0.1) is 6.58 Å². The van der Waals surface area contributed by atoms with Gasteiger partial charge >= 0.3 is 0 Å². The van der Waals surface area contributed by atoms with Crippen LogP contribution in [0.3, 0.4) is 0 Å². The van der Waals surface area contributed by atoms with Crippen LogP contribution in [0.5, 0.6) is 11.5 Å². The fourth-order valence-corrected chi connectivity index (χ4v) is 5.80. The van der Waals surface area contributed by atoms with Gasteiger partial charge in [0, 0.05) is 16.5 Å². The van der Waals surface area contributed by atoms with E-state index >= 15 is 0 Å². The molecule has 1 aromatic rings. The van der Waals surface area contributed by atoms with Gasteiger partial charge in [0.1, 0.15) is 0 Å². The molecule has 0 aromatic heterocycles. The minimum Gasteiger partial charge on any atom is -0.493 e. The van der Waals surface area contributed by atoms with Crippen LogP contribution in [0, 0.1) is 10.8 Å². The molecule has 1 unspecified atom stereocenters. The van der Waals surface area contributed by atoms with Gasteiger partial charge in [0.25, 0.3) is 0 Å². The van der Waals surface area contributed by atoms with Gasteiger partial charge in [0.05, 0.1) is 20.3 Å². The monoisotopic (exact) mass is 458 g/mol. The van der Waals surface area contributed by atoms with Crippen LogP contribution in [-0.2, 0) is 4.43 Å². The third kappa shape index (κ3) is 4.59. The summed E-state index contributed by atoms with van der Waals surface area (Å²) in [4.78, 5) is 0. The second kappa shape index (κ2) is 9.02. The highest BCUT2D eigenvalue weighted by Gasteiger charge is 2.49. The Kier molecular flexibility index (Phi) is 7.53. The third-order valence-corrected chi connectivity index (χ3v) is 12.7. The molecule has 3 nitrogen and oxygen atoms in total. The first-order chi connectivity index (χ1) is 14.6. The third-order valence-electron chi connectivity index (χ3n) is 8.15. The van der Waals surface area contributed by atoms with Gasteiger partial charge in [-0.1, -0.05) is 79.7 Å². The lowest BCUT2D eigenvalue weighted by Crippen LogP contribution is -2.48. The number of allylic oxidation sites excluding steroid dienone is 2. The summed E-state index contributed by atoms with van der Waals surface area (Å²) in [6, 6.07) is 4.37. The first-order valence-corrected chi connectivity index (χ1v) is 14.8. The molecule has 1 aliphatic rings. The zero-order chi connectivity index (χ0) is 24.7. The molecule has 0 saturated carbocycles. The molecule has 0 N–H and O–H groups in total. The highest BCUT2D eigenvalue weighted by Crippen LogP contribution is 2.58. The molecule has 0 heterocycles. The van der Waals surface area contributed by atoms with E-state index in [0.717, 1.165) is 29.0 Å². The number of methoxy groups -OCH3 is 2. The number of hydrogen-bond donors (Lipinski definition) is 0. The summed E-state index contributed by atoms with van der Waals surface area (Å²) in [5, 5.41) is 0.157. The van der Waals surface area contributed by atoms with Gasteiger partial charge in [-0.05, 0) is 41.5 Å². The van der Waals surface area contributed by atoms with E-state index in [9.17, 15) is 0 Å². The van der Waals surface area contributed by atoms with Crippen LogP contribution in [0.15, 0.2) is 30.9 Å². The van der Waals surface area contributed by atoms with Crippen molar-refractivity contribution in [3.8, 4) is 11.5 Å². The van der Waals surface area contributed by atoms with Crippen molar-refractivity contribution in [3.05, 3.63) is 42.0 Å². The van der Waals surface area contributed by atoms with E-state index < -0.39 is 8.32 Å². The summed E-state index contributed by atoms with van der Waals surface area (Å²) in [5.74, 6) is 1.95. The normalized spacial score (nSPS) is 23.7. The zero-order valence-electron chi connectivity index (χ0n) is 22.6. The summed E-state index contributed by atoms with van der Waals surface area (Å²) < 4.78 is 18.8. The van der Waals surface area contributed by atoms with E-state index in [-0.39, 0.29) is 22.0 Å². The molecule has 0 spiro atoms. The molecule has 2 atom stereocenters. The standard InChI is InChI=1S/C28H46O3Si/c1-14-28(9)23(22-16-15-21(19(2)3)24(29-10)25(22)30-11)17-20(18-27(28,7)8)31-32(12,13)26(4,5)6/h14-17,19-20H,1,18H2,2-13H3/t20?,28-/m0/s1. The molecule has 32 heavy (non-hydrogen) atoms. The molecular weight excluding hydrogens is 412 g/mol. The van der Waals surface area contributed by atoms with Crippen molar-refractivity contribution in [1.82, 2.24) is 0 Å². The number of ether oxygens (including phenoxy) is 2. The maximum atomic E-state index is 6.92. The summed E-state index contributed by atoms with van der Waals surface area (Å²) in [6.07, 6.45) is 5.44. The molecule has 1 aliphatic carbocycles. The fraction of sp³-hybridized carbons (Fsp3) is 0.643. The minimum absolute atomic E-state index is 0.0408. The Bertz CT molecular complexity index is 873. The quantitative estimate of drug-likeness (QED) is 0.304. The summed E-state index contributed by atoms with van der Waals surface area (Å²) in [6.45, 7) is 27.1. The molecule has 0 fully saturated rings. The second-order valence-electron chi connectivity index (χ2n) is 11.9. The van der Waals surface area contributed by atoms with Crippen molar-refractivity contribution in [1.29, 1.82) is 0 Å². The largest absolute Gasteiger partial charge is 0.493 e. The topological polar surface area (TPSA) is 27.7 Å². The first-order valence-electron chi connectivity index (χ1n) is 11.8. The molecule has 180 valence electrons. The molecule has 0 bridgehead atoms. The maximum Gasteiger partial charge on any atom is 0.192 e. The van der Waals surface area contributed by atoms with Crippen LogP contribution in [0.4, 0.5) is 0 Å². The average Bonchev–Trinajstić information content (AvgIpc) is 2.67. The molecule has 0 amide bonds. The smallest absolute Gasteiger partial charge is 0.192 e. The lowest BCUT2D eigenvalue weighted by molar-refractivity contribution is 0.0944. The van der Waals surface area contributed by atoms with E-state index in [1.807, 2.05) is 0 Å². The molecule has 4 heteroatoms. The number of hydrogen-bond acceptors (Lipinski definition) is 3. The van der Waals surface area contributed by atoms with Crippen LogP contribution in [0.1, 0.15) is 78.9 Å². The van der Waals surface area contributed by atoms with Crippen molar-refractivity contribution in [2.45, 2.75) is 92.0 Å². The molecule has 1 aromatic carbocycles. The zero-order valence-corrected chi connectivity index (χ0v) is 23.6. The van der Waals surface area contributed by atoms with Crippen molar-refractivity contribution >= 4 is 13.9 Å². The van der Waals surface area contributed by atoms with E-state index in [1.165, 1.54) is 5.57 Å². The van der Waals surface area contributed by atoms with E-state index in [0.29, 0.717) is 5.92 Å². The minimum atomic E-state index is -1.93. The van der Waals surface area contributed by atoms with Gasteiger partial charge in [0.2, 0.25) is 0 Å². The van der Waals surface area contributed by atoms with Gasteiger partial charge in [-0.2, -0.15) is 0 Å². The van der Waals surface area contributed by atoms with Gasteiger partial charge in [-0.25, -0.2) is 0 Å². The van der Waals surface area contributed by atoms with Crippen LogP contribution in [0.25, 0.3) is 5.57 Å². The van der Waals surface area contributed by atoms with E-state index in [2.05, 4.69) is 99.3 Å².